The average Bonchev–Trinajstić information content (AvgIpc) is 2.54. The second-order valence-electron chi connectivity index (χ2n) is 5.88. The van der Waals surface area contributed by atoms with Gasteiger partial charge in [0.15, 0.2) is 0 Å². The molecule has 0 aliphatic rings. The molecule has 0 atom stereocenters. The van der Waals surface area contributed by atoms with Crippen LogP contribution in [-0.4, -0.2) is 13.0 Å². The molecule has 0 spiro atoms. The summed E-state index contributed by atoms with van der Waals surface area (Å²) >= 11 is 0. The summed E-state index contributed by atoms with van der Waals surface area (Å²) in [5, 5.41) is 33.2. The van der Waals surface area contributed by atoms with Crippen LogP contribution in [0.15, 0.2) is 57.6 Å². The number of hydrogen-bond donors (Lipinski definition) is 0. The molecule has 0 aliphatic heterocycles. The summed E-state index contributed by atoms with van der Waals surface area (Å²) in [5.74, 6) is -0.952. The van der Waals surface area contributed by atoms with Gasteiger partial charge in [-0.05, 0) is 48.4 Å². The van der Waals surface area contributed by atoms with E-state index in [2.05, 4.69) is 10.2 Å². The van der Waals surface area contributed by atoms with Crippen LogP contribution >= 0.6 is 0 Å². The molecule has 0 N–H and O–H groups in total. The quantitative estimate of drug-likeness (QED) is 0.310. The van der Waals surface area contributed by atoms with E-state index in [-0.39, 0.29) is 63.8 Å². The van der Waals surface area contributed by atoms with Gasteiger partial charge in [0, 0.05) is 17.1 Å². The fourth-order valence-electron chi connectivity index (χ4n) is 2.58. The molecule has 3 aromatic rings. The van der Waals surface area contributed by atoms with Crippen molar-refractivity contribution in [1.82, 2.24) is 0 Å². The normalized spacial score (nSPS) is 11.2. The molecule has 3 rings (SSSR count). The van der Waals surface area contributed by atoms with Gasteiger partial charge in [0.2, 0.25) is 0 Å². The Labute approximate surface area is 195 Å². The molecule has 0 unspecified atom stereocenters. The average molecular weight is 456 g/mol. The molecule has 1 radical (unpaired) electrons. The molecular formula is C18H13CuN2NaO5S-2. The number of hydrogen-bond acceptors (Lipinski definition) is 7. The number of rotatable bonds is 3. The number of aryl methyl sites for hydroxylation is 2. The van der Waals surface area contributed by atoms with Gasteiger partial charge >= 0.3 is 29.6 Å². The first kappa shape index (κ1) is 24.6. The first-order valence-electron chi connectivity index (χ1n) is 7.56. The molecule has 0 aromatic heterocycles. The fraction of sp³-hybridized carbons (Fsp3) is 0.111. The molecule has 0 bridgehead atoms. The van der Waals surface area contributed by atoms with Crippen molar-refractivity contribution in [2.24, 2.45) is 10.2 Å². The van der Waals surface area contributed by atoms with Crippen LogP contribution in [0, 0.1) is 13.8 Å². The Hall–Kier alpha value is -1.45. The van der Waals surface area contributed by atoms with E-state index in [1.807, 2.05) is 13.0 Å². The molecule has 0 saturated carbocycles. The third-order valence-corrected chi connectivity index (χ3v) is 4.72. The van der Waals surface area contributed by atoms with Crippen LogP contribution < -0.4 is 39.8 Å². The maximum atomic E-state index is 12.6. The minimum atomic E-state index is -4.73. The van der Waals surface area contributed by atoms with E-state index in [0.29, 0.717) is 10.9 Å². The van der Waals surface area contributed by atoms with Gasteiger partial charge in [-0.1, -0.05) is 41.3 Å². The molecule has 28 heavy (non-hydrogen) atoms. The van der Waals surface area contributed by atoms with E-state index in [0.717, 1.165) is 29.1 Å². The molecule has 145 valence electrons. The predicted octanol–water partition coefficient (Wildman–Crippen LogP) is -0.0752. The van der Waals surface area contributed by atoms with Crippen LogP contribution in [0.2, 0.25) is 0 Å². The molecule has 0 saturated heterocycles. The van der Waals surface area contributed by atoms with Crippen LogP contribution in [-0.2, 0) is 27.2 Å². The van der Waals surface area contributed by atoms with Gasteiger partial charge in [-0.2, -0.15) is 10.2 Å². The zero-order valence-corrected chi connectivity index (χ0v) is 18.9. The van der Waals surface area contributed by atoms with E-state index in [1.165, 1.54) is 0 Å². The maximum absolute atomic E-state index is 12.6. The van der Waals surface area contributed by atoms with Crippen LogP contribution in [0.5, 0.6) is 11.5 Å². The Morgan fingerprint density at radius 2 is 1.61 bits per heavy atom. The van der Waals surface area contributed by atoms with Crippen molar-refractivity contribution in [3.63, 3.8) is 0 Å². The summed E-state index contributed by atoms with van der Waals surface area (Å²) in [6.45, 7) is 3.61. The van der Waals surface area contributed by atoms with Crippen LogP contribution in [0.3, 0.4) is 0 Å². The zero-order chi connectivity index (χ0) is 19.1. The van der Waals surface area contributed by atoms with Crippen molar-refractivity contribution in [2.75, 3.05) is 0 Å². The molecule has 0 fully saturated rings. The Bertz CT molecular complexity index is 1170. The topological polar surface area (TPSA) is 128 Å². The molecule has 0 aliphatic carbocycles. The number of fused-ring (bicyclic) bond motifs is 1. The van der Waals surface area contributed by atoms with E-state index in [9.17, 15) is 23.2 Å². The minimum absolute atomic E-state index is 0. The third-order valence-electron chi connectivity index (χ3n) is 3.89. The number of benzene rings is 3. The predicted molar refractivity (Wildman–Crippen MR) is 90.9 cm³/mol. The molecule has 0 amide bonds. The van der Waals surface area contributed by atoms with Crippen LogP contribution in [0.25, 0.3) is 10.8 Å². The Morgan fingerprint density at radius 3 is 2.25 bits per heavy atom. The van der Waals surface area contributed by atoms with E-state index >= 15 is 0 Å². The van der Waals surface area contributed by atoms with Crippen LogP contribution in [0.1, 0.15) is 11.1 Å². The first-order valence-corrected chi connectivity index (χ1v) is 8.97. The monoisotopic (exact) mass is 455 g/mol. The molecule has 10 heteroatoms. The van der Waals surface area contributed by atoms with Gasteiger partial charge in [0.05, 0.1) is 16.3 Å². The van der Waals surface area contributed by atoms with Gasteiger partial charge in [0.1, 0.15) is 10.1 Å². The zero-order valence-electron chi connectivity index (χ0n) is 15.2. The second-order valence-corrected chi connectivity index (χ2v) is 7.26. The van der Waals surface area contributed by atoms with Gasteiger partial charge in [-0.3, -0.25) is 0 Å². The fourth-order valence-corrected chi connectivity index (χ4v) is 3.07. The SMILES string of the molecule is Cc1ccc2c([O-])c(N=Nc3cc(S(=O)(=O)[O-])ccc3[O-])c(C)cc2c1.[Cu].[Na+]. The van der Waals surface area contributed by atoms with E-state index < -0.39 is 20.8 Å². The molecule has 0 heterocycles. The van der Waals surface area contributed by atoms with E-state index in [1.54, 1.807) is 25.1 Å². The van der Waals surface area contributed by atoms with Crippen molar-refractivity contribution in [3.05, 3.63) is 53.6 Å². The largest absolute Gasteiger partial charge is 1.00 e. The second kappa shape index (κ2) is 9.36. The maximum Gasteiger partial charge on any atom is 1.00 e. The summed E-state index contributed by atoms with van der Waals surface area (Å²) in [6.07, 6.45) is 0. The number of azo groups is 1. The summed E-state index contributed by atoms with van der Waals surface area (Å²) < 4.78 is 33.2. The van der Waals surface area contributed by atoms with Crippen LogP contribution in [0.4, 0.5) is 11.4 Å². The van der Waals surface area contributed by atoms with Crippen molar-refractivity contribution >= 4 is 32.3 Å². The van der Waals surface area contributed by atoms with Crippen molar-refractivity contribution in [2.45, 2.75) is 18.7 Å². The first-order chi connectivity index (χ1) is 12.2. The van der Waals surface area contributed by atoms with E-state index in [4.69, 9.17) is 0 Å². The smallest absolute Gasteiger partial charge is 0.871 e. The standard InChI is InChI=1S/C18H16N2O5S.Cu.Na/c1-10-3-5-14-12(7-10)8-11(2)17(18(14)22)20-19-15-9-13(26(23,24)25)4-6-16(15)21;;/h3-9,21-22H,1-2H3,(H,23,24,25);;/q;;+1/p-3. The molecule has 3 aromatic carbocycles. The van der Waals surface area contributed by atoms with Gasteiger partial charge in [-0.15, -0.1) is 0 Å². The summed E-state index contributed by atoms with van der Waals surface area (Å²) in [4.78, 5) is -0.584. The Morgan fingerprint density at radius 1 is 0.929 bits per heavy atom. The van der Waals surface area contributed by atoms with Gasteiger partial charge in [0.25, 0.3) is 0 Å². The minimum Gasteiger partial charge on any atom is -0.871 e. The molecule has 7 nitrogen and oxygen atoms in total. The molecular weight excluding hydrogens is 443 g/mol. The summed E-state index contributed by atoms with van der Waals surface area (Å²) in [6, 6.07) is 9.84. The number of nitrogens with zero attached hydrogens (tertiary/aromatic N) is 2. The van der Waals surface area contributed by atoms with Gasteiger partial charge < -0.3 is 14.8 Å². The summed E-state index contributed by atoms with van der Waals surface area (Å²) in [7, 11) is -4.73. The van der Waals surface area contributed by atoms with Crippen molar-refractivity contribution < 1.29 is 69.8 Å². The third kappa shape index (κ3) is 5.12. The summed E-state index contributed by atoms with van der Waals surface area (Å²) in [5.41, 5.74) is 1.30. The van der Waals surface area contributed by atoms with Crippen molar-refractivity contribution in [3.8, 4) is 11.5 Å². The van der Waals surface area contributed by atoms with Gasteiger partial charge in [-0.25, -0.2) is 8.42 Å². The Balaban J connectivity index is 0.00000196. The Kier molecular flexibility index (Phi) is 8.22. The van der Waals surface area contributed by atoms with Crippen molar-refractivity contribution in [1.29, 1.82) is 0 Å².